The summed E-state index contributed by atoms with van der Waals surface area (Å²) in [6.45, 7) is 6.79. The maximum Gasteiger partial charge on any atom is 0.261 e. The molecule has 0 aliphatic heterocycles. The van der Waals surface area contributed by atoms with E-state index in [9.17, 15) is 4.79 Å². The van der Waals surface area contributed by atoms with Gasteiger partial charge in [-0.1, -0.05) is 67.1 Å². The number of aryl methyl sites for hydroxylation is 2. The van der Waals surface area contributed by atoms with E-state index in [1.54, 1.807) is 0 Å². The van der Waals surface area contributed by atoms with Crippen LogP contribution in [0.2, 0.25) is 0 Å². The monoisotopic (exact) mass is 426 g/mol. The van der Waals surface area contributed by atoms with Gasteiger partial charge in [-0.2, -0.15) is 0 Å². The summed E-state index contributed by atoms with van der Waals surface area (Å²) in [5.41, 5.74) is 5.68. The molecular weight excluding hydrogens is 396 g/mol. The van der Waals surface area contributed by atoms with Gasteiger partial charge in [0, 0.05) is 29.2 Å². The predicted octanol–water partition coefficient (Wildman–Crippen LogP) is 6.06. The quantitative estimate of drug-likeness (QED) is 0.372. The SMILES string of the molecule is CCc1ccc(OCC(=O)N(CC)[C@@H](c2ccc(C)cc2)c2c[nH]c3ccccc23)cc1. The van der Waals surface area contributed by atoms with Crippen LogP contribution in [0, 0.1) is 6.92 Å². The number of rotatable bonds is 8. The van der Waals surface area contributed by atoms with E-state index in [2.05, 4.69) is 55.2 Å². The first-order chi connectivity index (χ1) is 15.6. The predicted molar refractivity (Wildman–Crippen MR) is 130 cm³/mol. The van der Waals surface area contributed by atoms with Crippen molar-refractivity contribution in [2.45, 2.75) is 33.2 Å². The van der Waals surface area contributed by atoms with Gasteiger partial charge in [0.05, 0.1) is 6.04 Å². The van der Waals surface area contributed by atoms with Gasteiger partial charge in [0.1, 0.15) is 5.75 Å². The average molecular weight is 427 g/mol. The number of aromatic nitrogens is 1. The molecule has 32 heavy (non-hydrogen) atoms. The van der Waals surface area contributed by atoms with Crippen molar-refractivity contribution in [3.63, 3.8) is 0 Å². The van der Waals surface area contributed by atoms with Crippen molar-refractivity contribution < 1.29 is 9.53 Å². The molecule has 1 atom stereocenters. The highest BCUT2D eigenvalue weighted by Crippen LogP contribution is 2.34. The number of ether oxygens (including phenoxy) is 1. The molecule has 0 aliphatic rings. The highest BCUT2D eigenvalue weighted by Gasteiger charge is 2.28. The van der Waals surface area contributed by atoms with E-state index < -0.39 is 0 Å². The van der Waals surface area contributed by atoms with Crippen LogP contribution in [0.3, 0.4) is 0 Å². The molecule has 0 spiro atoms. The number of aromatic amines is 1. The summed E-state index contributed by atoms with van der Waals surface area (Å²) in [5, 5.41) is 1.13. The zero-order valence-electron chi connectivity index (χ0n) is 19.0. The van der Waals surface area contributed by atoms with E-state index in [-0.39, 0.29) is 18.6 Å². The Kier molecular flexibility index (Phi) is 6.60. The van der Waals surface area contributed by atoms with Crippen LogP contribution in [0.25, 0.3) is 10.9 Å². The lowest BCUT2D eigenvalue weighted by Gasteiger charge is -2.31. The van der Waals surface area contributed by atoms with Crippen LogP contribution in [0.5, 0.6) is 5.75 Å². The molecule has 0 aliphatic carbocycles. The lowest BCUT2D eigenvalue weighted by Crippen LogP contribution is -2.38. The number of hydrogen-bond acceptors (Lipinski definition) is 2. The molecule has 4 rings (SSSR count). The second-order valence-electron chi connectivity index (χ2n) is 8.07. The van der Waals surface area contributed by atoms with Crippen LogP contribution in [0.4, 0.5) is 0 Å². The van der Waals surface area contributed by atoms with E-state index in [4.69, 9.17) is 4.74 Å². The largest absolute Gasteiger partial charge is 0.484 e. The van der Waals surface area contributed by atoms with Crippen LogP contribution in [0.1, 0.15) is 42.1 Å². The average Bonchev–Trinajstić information content (AvgIpc) is 3.26. The van der Waals surface area contributed by atoms with Gasteiger partial charge < -0.3 is 14.6 Å². The molecular formula is C28H30N2O2. The lowest BCUT2D eigenvalue weighted by atomic mass is 9.95. The molecule has 0 unspecified atom stereocenters. The van der Waals surface area contributed by atoms with Crippen molar-refractivity contribution in [1.29, 1.82) is 0 Å². The number of likely N-dealkylation sites (N-methyl/N-ethyl adjacent to an activating group) is 1. The summed E-state index contributed by atoms with van der Waals surface area (Å²) in [4.78, 5) is 18.6. The van der Waals surface area contributed by atoms with E-state index in [1.807, 2.05) is 54.4 Å². The number of hydrogen-bond donors (Lipinski definition) is 1. The van der Waals surface area contributed by atoms with Gasteiger partial charge in [0.2, 0.25) is 0 Å². The van der Waals surface area contributed by atoms with Gasteiger partial charge in [0.25, 0.3) is 5.91 Å². The molecule has 1 amide bonds. The summed E-state index contributed by atoms with van der Waals surface area (Å²) < 4.78 is 5.86. The molecule has 0 radical (unpaired) electrons. The molecule has 4 nitrogen and oxygen atoms in total. The van der Waals surface area contributed by atoms with Crippen LogP contribution >= 0.6 is 0 Å². The third kappa shape index (κ3) is 4.54. The van der Waals surface area contributed by atoms with Crippen molar-refractivity contribution in [2.75, 3.05) is 13.2 Å². The molecule has 4 aromatic rings. The number of nitrogens with zero attached hydrogens (tertiary/aromatic N) is 1. The van der Waals surface area contributed by atoms with Crippen molar-refractivity contribution >= 4 is 16.8 Å². The second-order valence-corrected chi connectivity index (χ2v) is 8.07. The Balaban J connectivity index is 1.65. The normalized spacial score (nSPS) is 12.0. The summed E-state index contributed by atoms with van der Waals surface area (Å²) in [6.07, 6.45) is 3.00. The second kappa shape index (κ2) is 9.73. The first-order valence-electron chi connectivity index (χ1n) is 11.2. The lowest BCUT2D eigenvalue weighted by molar-refractivity contribution is -0.134. The van der Waals surface area contributed by atoms with Crippen molar-refractivity contribution in [3.05, 3.63) is 101 Å². The minimum Gasteiger partial charge on any atom is -0.484 e. The van der Waals surface area contributed by atoms with E-state index in [0.29, 0.717) is 12.3 Å². The maximum atomic E-state index is 13.4. The summed E-state index contributed by atoms with van der Waals surface area (Å²) in [7, 11) is 0. The summed E-state index contributed by atoms with van der Waals surface area (Å²) in [6, 6.07) is 24.4. The van der Waals surface area contributed by atoms with Gasteiger partial charge >= 0.3 is 0 Å². The zero-order valence-corrected chi connectivity index (χ0v) is 19.0. The number of carbonyl (C=O) groups excluding carboxylic acids is 1. The van der Waals surface area contributed by atoms with Crippen LogP contribution < -0.4 is 4.74 Å². The fourth-order valence-electron chi connectivity index (χ4n) is 4.15. The number of benzene rings is 3. The minimum absolute atomic E-state index is 0.00400. The Hall–Kier alpha value is -3.53. The van der Waals surface area contributed by atoms with Crippen molar-refractivity contribution in [2.24, 2.45) is 0 Å². The highest BCUT2D eigenvalue weighted by molar-refractivity contribution is 5.86. The van der Waals surface area contributed by atoms with Gasteiger partial charge in [-0.3, -0.25) is 4.79 Å². The topological polar surface area (TPSA) is 45.3 Å². The molecule has 1 N–H and O–H groups in total. The third-order valence-corrected chi connectivity index (χ3v) is 5.98. The number of fused-ring (bicyclic) bond motifs is 1. The fraction of sp³-hybridized carbons (Fsp3) is 0.250. The van der Waals surface area contributed by atoms with Gasteiger partial charge in [-0.05, 0) is 49.6 Å². The Morgan fingerprint density at radius 2 is 1.69 bits per heavy atom. The first-order valence-corrected chi connectivity index (χ1v) is 11.2. The molecule has 3 aromatic carbocycles. The van der Waals surface area contributed by atoms with E-state index in [1.165, 1.54) is 11.1 Å². The summed E-state index contributed by atoms with van der Waals surface area (Å²) >= 11 is 0. The smallest absolute Gasteiger partial charge is 0.261 e. The number of nitrogens with one attached hydrogen (secondary N) is 1. The molecule has 164 valence electrons. The minimum atomic E-state index is -0.199. The maximum absolute atomic E-state index is 13.4. The summed E-state index contributed by atoms with van der Waals surface area (Å²) in [5.74, 6) is 0.675. The number of para-hydroxylation sites is 1. The van der Waals surface area contributed by atoms with E-state index >= 15 is 0 Å². The van der Waals surface area contributed by atoms with Crippen LogP contribution in [-0.4, -0.2) is 28.9 Å². The molecule has 0 saturated heterocycles. The Labute approximate surface area is 189 Å². The standard InChI is InChI=1S/C28H30N2O2/c1-4-21-12-16-23(17-13-21)32-19-27(31)30(5-2)28(22-14-10-20(3)11-15-22)25-18-29-26-9-7-6-8-24(25)26/h6-18,28-29H,4-5,19H2,1-3H3/t28-/m0/s1. The molecule has 1 aromatic heterocycles. The third-order valence-electron chi connectivity index (χ3n) is 5.98. The van der Waals surface area contributed by atoms with Gasteiger partial charge in [-0.25, -0.2) is 0 Å². The highest BCUT2D eigenvalue weighted by atomic mass is 16.5. The molecule has 0 saturated carbocycles. The Morgan fingerprint density at radius 3 is 2.38 bits per heavy atom. The van der Waals surface area contributed by atoms with Crippen LogP contribution in [0.15, 0.2) is 79.0 Å². The van der Waals surface area contributed by atoms with Gasteiger partial charge in [-0.15, -0.1) is 0 Å². The first kappa shape index (κ1) is 21.7. The van der Waals surface area contributed by atoms with Crippen LogP contribution in [-0.2, 0) is 11.2 Å². The Bertz CT molecular complexity index is 1180. The Morgan fingerprint density at radius 1 is 0.969 bits per heavy atom. The molecule has 4 heteroatoms. The van der Waals surface area contributed by atoms with E-state index in [0.717, 1.165) is 28.5 Å². The number of H-pyrrole nitrogens is 1. The molecule has 0 fully saturated rings. The van der Waals surface area contributed by atoms with Crippen molar-refractivity contribution in [1.82, 2.24) is 9.88 Å². The fourth-order valence-corrected chi connectivity index (χ4v) is 4.15. The molecule has 0 bridgehead atoms. The van der Waals surface area contributed by atoms with Crippen molar-refractivity contribution in [3.8, 4) is 5.75 Å². The number of amides is 1. The number of carbonyl (C=O) groups is 1. The molecule has 1 heterocycles. The van der Waals surface area contributed by atoms with Gasteiger partial charge in [0.15, 0.2) is 6.61 Å². The zero-order chi connectivity index (χ0) is 22.5.